The molecule has 0 bridgehead atoms. The highest BCUT2D eigenvalue weighted by molar-refractivity contribution is 6.36. The minimum Gasteiger partial charge on any atom is -0.481 e. The highest BCUT2D eigenvalue weighted by atomic mass is 35.5. The van der Waals surface area contributed by atoms with Crippen molar-refractivity contribution < 1.29 is 24.6 Å². The van der Waals surface area contributed by atoms with Crippen molar-refractivity contribution in [3.8, 4) is 0 Å². The highest BCUT2D eigenvalue weighted by Crippen LogP contribution is 2.21. The van der Waals surface area contributed by atoms with Crippen molar-refractivity contribution in [2.45, 2.75) is 12.5 Å². The zero-order valence-electron chi connectivity index (χ0n) is 9.39. The number of halogens is 2. The molecule has 0 saturated carbocycles. The Kier molecular flexibility index (Phi) is 5.14. The van der Waals surface area contributed by atoms with Crippen LogP contribution in [0.3, 0.4) is 0 Å². The maximum Gasteiger partial charge on any atom is 0.326 e. The van der Waals surface area contributed by atoms with Gasteiger partial charge in [-0.3, -0.25) is 9.59 Å². The number of rotatable bonds is 5. The van der Waals surface area contributed by atoms with Crippen LogP contribution in [0.15, 0.2) is 18.2 Å². The van der Waals surface area contributed by atoms with Crippen LogP contribution in [0, 0.1) is 0 Å². The molecule has 0 aliphatic rings. The Morgan fingerprint density at radius 1 is 1.21 bits per heavy atom. The number of carboxylic acids is 2. The lowest BCUT2D eigenvalue weighted by atomic mass is 10.1. The first-order valence-electron chi connectivity index (χ1n) is 5.01. The van der Waals surface area contributed by atoms with Crippen LogP contribution in [-0.4, -0.2) is 34.1 Å². The van der Waals surface area contributed by atoms with Crippen LogP contribution in [0.2, 0.25) is 10.0 Å². The van der Waals surface area contributed by atoms with Crippen molar-refractivity contribution in [3.63, 3.8) is 0 Å². The summed E-state index contributed by atoms with van der Waals surface area (Å²) in [7, 11) is 0. The average Bonchev–Trinajstić information content (AvgIpc) is 2.26. The number of hydrogen-bond donors (Lipinski definition) is 3. The van der Waals surface area contributed by atoms with E-state index in [9.17, 15) is 14.4 Å². The molecular formula is C11H9Cl2NO5. The summed E-state index contributed by atoms with van der Waals surface area (Å²) in [5, 5.41) is 19.8. The number of benzene rings is 1. The van der Waals surface area contributed by atoms with E-state index in [1.54, 1.807) is 0 Å². The van der Waals surface area contributed by atoms with E-state index in [1.807, 2.05) is 0 Å². The minimum absolute atomic E-state index is 0.0164. The van der Waals surface area contributed by atoms with Crippen LogP contribution in [-0.2, 0) is 9.59 Å². The molecule has 1 atom stereocenters. The molecule has 3 N–H and O–H groups in total. The summed E-state index contributed by atoms with van der Waals surface area (Å²) < 4.78 is 0. The van der Waals surface area contributed by atoms with Gasteiger partial charge in [0, 0.05) is 5.02 Å². The molecule has 1 aromatic rings. The average molecular weight is 306 g/mol. The molecule has 102 valence electrons. The largest absolute Gasteiger partial charge is 0.481 e. The van der Waals surface area contributed by atoms with Crippen LogP contribution in [0.1, 0.15) is 16.8 Å². The predicted octanol–water partition coefficient (Wildman–Crippen LogP) is 1.65. The maximum absolute atomic E-state index is 11.8. The topological polar surface area (TPSA) is 104 Å². The van der Waals surface area contributed by atoms with Crippen molar-refractivity contribution in [2.24, 2.45) is 0 Å². The summed E-state index contributed by atoms with van der Waals surface area (Å²) in [6.07, 6.45) is -0.730. The normalized spacial score (nSPS) is 11.7. The summed E-state index contributed by atoms with van der Waals surface area (Å²) in [6, 6.07) is 2.52. The second-order valence-corrected chi connectivity index (χ2v) is 4.43. The Bertz CT molecular complexity index is 532. The quantitative estimate of drug-likeness (QED) is 0.767. The summed E-state index contributed by atoms with van der Waals surface area (Å²) in [5.74, 6) is -3.56. The first-order chi connectivity index (χ1) is 8.81. The zero-order chi connectivity index (χ0) is 14.6. The van der Waals surface area contributed by atoms with E-state index in [0.717, 1.165) is 0 Å². The van der Waals surface area contributed by atoms with Gasteiger partial charge in [-0.1, -0.05) is 23.2 Å². The van der Waals surface area contributed by atoms with Gasteiger partial charge in [-0.15, -0.1) is 0 Å². The molecule has 0 unspecified atom stereocenters. The van der Waals surface area contributed by atoms with Gasteiger partial charge in [0.15, 0.2) is 0 Å². The Hall–Kier alpha value is -1.79. The van der Waals surface area contributed by atoms with Crippen molar-refractivity contribution in [1.29, 1.82) is 0 Å². The van der Waals surface area contributed by atoms with Crippen LogP contribution in [0.4, 0.5) is 0 Å². The fourth-order valence-electron chi connectivity index (χ4n) is 1.28. The molecule has 0 radical (unpaired) electrons. The summed E-state index contributed by atoms with van der Waals surface area (Å²) in [5.41, 5.74) is 0.0164. The first kappa shape index (κ1) is 15.3. The lowest BCUT2D eigenvalue weighted by Crippen LogP contribution is -2.42. The highest BCUT2D eigenvalue weighted by Gasteiger charge is 2.24. The van der Waals surface area contributed by atoms with Gasteiger partial charge in [0.05, 0.1) is 17.0 Å². The SMILES string of the molecule is O=C(O)C[C@H](NC(=O)c1ccc(Cl)cc1Cl)C(=O)O. The molecule has 6 nitrogen and oxygen atoms in total. The third-order valence-electron chi connectivity index (χ3n) is 2.16. The van der Waals surface area contributed by atoms with Crippen molar-refractivity contribution in [3.05, 3.63) is 33.8 Å². The number of hydrogen-bond acceptors (Lipinski definition) is 3. The number of aliphatic carboxylic acids is 2. The summed E-state index contributed by atoms with van der Waals surface area (Å²) in [4.78, 5) is 33.1. The van der Waals surface area contributed by atoms with E-state index in [4.69, 9.17) is 33.4 Å². The van der Waals surface area contributed by atoms with Gasteiger partial charge in [-0.25, -0.2) is 4.79 Å². The van der Waals surface area contributed by atoms with Gasteiger partial charge in [0.2, 0.25) is 0 Å². The molecular weight excluding hydrogens is 297 g/mol. The number of carbonyl (C=O) groups is 3. The van der Waals surface area contributed by atoms with Crippen molar-refractivity contribution in [2.75, 3.05) is 0 Å². The van der Waals surface area contributed by atoms with E-state index in [0.29, 0.717) is 5.02 Å². The Labute approximate surface area is 117 Å². The smallest absolute Gasteiger partial charge is 0.326 e. The lowest BCUT2D eigenvalue weighted by Gasteiger charge is -2.13. The van der Waals surface area contributed by atoms with Crippen LogP contribution in [0.25, 0.3) is 0 Å². The molecule has 0 saturated heterocycles. The third-order valence-corrected chi connectivity index (χ3v) is 2.71. The lowest BCUT2D eigenvalue weighted by molar-refractivity contribution is -0.145. The number of carboxylic acid groups (broad SMARTS) is 2. The van der Waals surface area contributed by atoms with Crippen molar-refractivity contribution >= 4 is 41.0 Å². The predicted molar refractivity (Wildman–Crippen MR) is 67.6 cm³/mol. The molecule has 8 heteroatoms. The van der Waals surface area contributed by atoms with E-state index in [-0.39, 0.29) is 10.6 Å². The molecule has 1 rings (SSSR count). The van der Waals surface area contributed by atoms with Crippen LogP contribution >= 0.6 is 23.2 Å². The number of carbonyl (C=O) groups excluding carboxylic acids is 1. The van der Waals surface area contributed by atoms with Gasteiger partial charge < -0.3 is 15.5 Å². The van der Waals surface area contributed by atoms with Crippen molar-refractivity contribution in [1.82, 2.24) is 5.32 Å². The molecule has 1 aromatic carbocycles. The summed E-state index contributed by atoms with van der Waals surface area (Å²) >= 11 is 11.4. The van der Waals surface area contributed by atoms with Gasteiger partial charge >= 0.3 is 11.9 Å². The van der Waals surface area contributed by atoms with Gasteiger partial charge in [-0.2, -0.15) is 0 Å². The standard InChI is InChI=1S/C11H9Cl2NO5/c12-5-1-2-6(7(13)3-5)10(17)14-8(11(18)19)4-9(15)16/h1-3,8H,4H2,(H,14,17)(H,15,16)(H,18,19)/t8-/m0/s1. The molecule has 19 heavy (non-hydrogen) atoms. The van der Waals surface area contributed by atoms with E-state index in [2.05, 4.69) is 5.32 Å². The maximum atomic E-state index is 11.8. The molecule has 0 aliphatic heterocycles. The fourth-order valence-corrected chi connectivity index (χ4v) is 1.78. The van der Waals surface area contributed by atoms with Crippen LogP contribution in [0.5, 0.6) is 0 Å². The Morgan fingerprint density at radius 2 is 1.84 bits per heavy atom. The summed E-state index contributed by atoms with van der Waals surface area (Å²) in [6.45, 7) is 0. The Balaban J connectivity index is 2.87. The number of nitrogens with one attached hydrogen (secondary N) is 1. The molecule has 0 aromatic heterocycles. The molecule has 1 amide bonds. The fraction of sp³-hybridized carbons (Fsp3) is 0.182. The second kappa shape index (κ2) is 6.40. The van der Waals surface area contributed by atoms with Crippen LogP contribution < -0.4 is 5.32 Å². The minimum atomic E-state index is -1.53. The zero-order valence-corrected chi connectivity index (χ0v) is 10.9. The van der Waals surface area contributed by atoms with Gasteiger partial charge in [-0.05, 0) is 18.2 Å². The third kappa shape index (κ3) is 4.42. The second-order valence-electron chi connectivity index (χ2n) is 3.59. The molecule has 0 aliphatic carbocycles. The Morgan fingerprint density at radius 3 is 2.32 bits per heavy atom. The first-order valence-corrected chi connectivity index (χ1v) is 5.77. The van der Waals surface area contributed by atoms with E-state index >= 15 is 0 Å². The molecule has 0 heterocycles. The monoisotopic (exact) mass is 305 g/mol. The van der Waals surface area contributed by atoms with Gasteiger partial charge in [0.25, 0.3) is 5.91 Å². The molecule has 0 fully saturated rings. The number of amides is 1. The molecule has 0 spiro atoms. The van der Waals surface area contributed by atoms with E-state index < -0.39 is 30.3 Å². The van der Waals surface area contributed by atoms with E-state index in [1.165, 1.54) is 18.2 Å². The van der Waals surface area contributed by atoms with Gasteiger partial charge in [0.1, 0.15) is 6.04 Å².